The van der Waals surface area contributed by atoms with Crippen molar-refractivity contribution in [2.24, 2.45) is 0 Å². The SMILES string of the molecule is CCCCNS(=O)(=O)c1ccc2c(c1)C[C@H](C)N2C(=O)c1ccccc1. The Morgan fingerprint density at radius 2 is 1.92 bits per heavy atom. The van der Waals surface area contributed by atoms with Gasteiger partial charge >= 0.3 is 0 Å². The first-order valence-corrected chi connectivity index (χ1v) is 10.4. The van der Waals surface area contributed by atoms with Gasteiger partial charge in [0.2, 0.25) is 10.0 Å². The second kappa shape index (κ2) is 7.60. The van der Waals surface area contributed by atoms with Crippen molar-refractivity contribution >= 4 is 21.6 Å². The van der Waals surface area contributed by atoms with Crippen molar-refractivity contribution in [2.45, 2.75) is 44.0 Å². The van der Waals surface area contributed by atoms with Gasteiger partial charge in [0, 0.05) is 23.8 Å². The number of nitrogens with one attached hydrogen (secondary N) is 1. The van der Waals surface area contributed by atoms with Crippen molar-refractivity contribution in [1.82, 2.24) is 4.72 Å². The Hall–Kier alpha value is -2.18. The van der Waals surface area contributed by atoms with Crippen molar-refractivity contribution < 1.29 is 13.2 Å². The maximum Gasteiger partial charge on any atom is 0.258 e. The van der Waals surface area contributed by atoms with Crippen molar-refractivity contribution in [3.8, 4) is 0 Å². The topological polar surface area (TPSA) is 66.5 Å². The van der Waals surface area contributed by atoms with Gasteiger partial charge in [-0.2, -0.15) is 0 Å². The minimum absolute atomic E-state index is 0.0105. The Kier molecular flexibility index (Phi) is 5.44. The maximum absolute atomic E-state index is 12.9. The van der Waals surface area contributed by atoms with Crippen LogP contribution in [0.15, 0.2) is 53.4 Å². The maximum atomic E-state index is 12.9. The average molecular weight is 372 g/mol. The molecule has 1 amide bonds. The van der Waals surface area contributed by atoms with Gasteiger partial charge in [0.15, 0.2) is 0 Å². The third-order valence-electron chi connectivity index (χ3n) is 4.64. The summed E-state index contributed by atoms with van der Waals surface area (Å²) in [5.41, 5.74) is 2.31. The van der Waals surface area contributed by atoms with E-state index in [9.17, 15) is 13.2 Å². The molecule has 26 heavy (non-hydrogen) atoms. The number of nitrogens with zero attached hydrogens (tertiary/aromatic N) is 1. The van der Waals surface area contributed by atoms with Gasteiger partial charge in [0.05, 0.1) is 4.90 Å². The zero-order valence-electron chi connectivity index (χ0n) is 15.1. The van der Waals surface area contributed by atoms with E-state index in [2.05, 4.69) is 4.72 Å². The molecule has 2 aromatic carbocycles. The third-order valence-corrected chi connectivity index (χ3v) is 6.10. The highest BCUT2D eigenvalue weighted by Gasteiger charge is 2.32. The summed E-state index contributed by atoms with van der Waals surface area (Å²) in [6.07, 6.45) is 2.38. The fraction of sp³-hybridized carbons (Fsp3) is 0.350. The van der Waals surface area contributed by atoms with E-state index in [1.54, 1.807) is 35.2 Å². The minimum atomic E-state index is -3.51. The number of fused-ring (bicyclic) bond motifs is 1. The van der Waals surface area contributed by atoms with E-state index >= 15 is 0 Å². The van der Waals surface area contributed by atoms with Crippen LogP contribution in [0.2, 0.25) is 0 Å². The molecule has 0 bridgehead atoms. The lowest BCUT2D eigenvalue weighted by molar-refractivity contribution is 0.0981. The molecule has 6 heteroatoms. The van der Waals surface area contributed by atoms with E-state index in [1.165, 1.54) is 0 Å². The highest BCUT2D eigenvalue weighted by molar-refractivity contribution is 7.89. The van der Waals surface area contributed by atoms with Crippen LogP contribution in [0, 0.1) is 0 Å². The number of benzene rings is 2. The van der Waals surface area contributed by atoms with Gasteiger partial charge in [-0.15, -0.1) is 0 Å². The summed E-state index contributed by atoms with van der Waals surface area (Å²) >= 11 is 0. The Bertz CT molecular complexity index is 895. The summed E-state index contributed by atoms with van der Waals surface area (Å²) in [6.45, 7) is 4.43. The number of carbonyl (C=O) groups excluding carboxylic acids is 1. The normalized spacial score (nSPS) is 16.5. The number of unbranched alkanes of at least 4 members (excludes halogenated alkanes) is 1. The number of rotatable bonds is 6. The van der Waals surface area contributed by atoms with E-state index in [0.29, 0.717) is 18.5 Å². The van der Waals surface area contributed by atoms with Gasteiger partial charge in [-0.05, 0) is 55.7 Å². The fourth-order valence-electron chi connectivity index (χ4n) is 3.27. The van der Waals surface area contributed by atoms with Crippen LogP contribution < -0.4 is 9.62 Å². The predicted molar refractivity (Wildman–Crippen MR) is 103 cm³/mol. The number of amides is 1. The van der Waals surface area contributed by atoms with Crippen molar-refractivity contribution in [3.05, 3.63) is 59.7 Å². The summed E-state index contributed by atoms with van der Waals surface area (Å²) in [7, 11) is -3.51. The first kappa shape index (κ1) is 18.6. The minimum Gasteiger partial charge on any atom is -0.305 e. The molecule has 3 rings (SSSR count). The van der Waals surface area contributed by atoms with Crippen LogP contribution in [-0.4, -0.2) is 26.9 Å². The van der Waals surface area contributed by atoms with Crippen molar-refractivity contribution in [3.63, 3.8) is 0 Å². The number of hydrogen-bond acceptors (Lipinski definition) is 3. The largest absolute Gasteiger partial charge is 0.305 e. The number of hydrogen-bond donors (Lipinski definition) is 1. The van der Waals surface area contributed by atoms with Gasteiger partial charge in [-0.1, -0.05) is 31.5 Å². The van der Waals surface area contributed by atoms with Crippen LogP contribution in [-0.2, 0) is 16.4 Å². The van der Waals surface area contributed by atoms with Gasteiger partial charge in [-0.3, -0.25) is 4.79 Å². The van der Waals surface area contributed by atoms with Crippen LogP contribution in [0.4, 0.5) is 5.69 Å². The molecule has 0 aliphatic carbocycles. The van der Waals surface area contributed by atoms with E-state index in [-0.39, 0.29) is 16.8 Å². The van der Waals surface area contributed by atoms with Crippen LogP contribution in [0.1, 0.15) is 42.6 Å². The van der Waals surface area contributed by atoms with E-state index in [1.807, 2.05) is 32.0 Å². The zero-order chi connectivity index (χ0) is 18.7. The zero-order valence-corrected chi connectivity index (χ0v) is 15.9. The number of carbonyl (C=O) groups is 1. The molecule has 1 heterocycles. The van der Waals surface area contributed by atoms with Crippen LogP contribution in [0.25, 0.3) is 0 Å². The summed E-state index contributed by atoms with van der Waals surface area (Å²) in [5.74, 6) is -0.0615. The first-order chi connectivity index (χ1) is 12.4. The predicted octanol–water partition coefficient (Wildman–Crippen LogP) is 3.36. The number of sulfonamides is 1. The monoisotopic (exact) mass is 372 g/mol. The van der Waals surface area contributed by atoms with Crippen molar-refractivity contribution in [1.29, 1.82) is 0 Å². The lowest BCUT2D eigenvalue weighted by Gasteiger charge is -2.23. The Morgan fingerprint density at radius 1 is 1.19 bits per heavy atom. The molecule has 1 atom stereocenters. The van der Waals surface area contributed by atoms with Crippen LogP contribution in [0.3, 0.4) is 0 Å². The molecule has 0 saturated heterocycles. The highest BCUT2D eigenvalue weighted by atomic mass is 32.2. The second-order valence-electron chi connectivity index (χ2n) is 6.64. The van der Waals surface area contributed by atoms with E-state index in [4.69, 9.17) is 0 Å². The molecular weight excluding hydrogens is 348 g/mol. The molecule has 0 aromatic heterocycles. The molecule has 0 radical (unpaired) electrons. The molecule has 1 aliphatic heterocycles. The quantitative estimate of drug-likeness (QED) is 0.791. The molecule has 138 valence electrons. The lowest BCUT2D eigenvalue weighted by atomic mass is 10.1. The van der Waals surface area contributed by atoms with Gasteiger partial charge < -0.3 is 4.90 Å². The summed E-state index contributed by atoms with van der Waals surface area (Å²) < 4.78 is 27.5. The standard InChI is InChI=1S/C20H24N2O3S/c1-3-4-12-21-26(24,25)18-10-11-19-17(14-18)13-15(2)22(19)20(23)16-8-6-5-7-9-16/h5-11,14-15,21H,3-4,12-13H2,1-2H3/t15-/m0/s1. The van der Waals surface area contributed by atoms with Crippen LogP contribution in [0.5, 0.6) is 0 Å². The van der Waals surface area contributed by atoms with Gasteiger partial charge in [0.1, 0.15) is 0 Å². The first-order valence-electron chi connectivity index (χ1n) is 8.95. The lowest BCUT2D eigenvalue weighted by Crippen LogP contribution is -2.35. The molecule has 0 fully saturated rings. The molecule has 1 N–H and O–H groups in total. The Balaban J connectivity index is 1.88. The molecule has 2 aromatic rings. The number of anilines is 1. The Labute approximate surface area is 155 Å². The van der Waals surface area contributed by atoms with Gasteiger partial charge in [-0.25, -0.2) is 13.1 Å². The molecule has 5 nitrogen and oxygen atoms in total. The molecule has 0 saturated carbocycles. The Morgan fingerprint density at radius 3 is 2.62 bits per heavy atom. The van der Waals surface area contributed by atoms with E-state index < -0.39 is 10.0 Å². The average Bonchev–Trinajstić information content (AvgIpc) is 2.97. The van der Waals surface area contributed by atoms with Crippen LogP contribution >= 0.6 is 0 Å². The van der Waals surface area contributed by atoms with Crippen molar-refractivity contribution in [2.75, 3.05) is 11.4 Å². The molecule has 1 aliphatic rings. The summed E-state index contributed by atoms with van der Waals surface area (Å²) in [4.78, 5) is 14.9. The van der Waals surface area contributed by atoms with E-state index in [0.717, 1.165) is 24.1 Å². The second-order valence-corrected chi connectivity index (χ2v) is 8.40. The highest BCUT2D eigenvalue weighted by Crippen LogP contribution is 2.35. The van der Waals surface area contributed by atoms with Gasteiger partial charge in [0.25, 0.3) is 5.91 Å². The molecule has 0 spiro atoms. The molecular formula is C20H24N2O3S. The fourth-order valence-corrected chi connectivity index (χ4v) is 4.39. The summed E-state index contributed by atoms with van der Waals surface area (Å²) in [6, 6.07) is 14.2. The summed E-state index contributed by atoms with van der Waals surface area (Å²) in [5, 5.41) is 0. The molecule has 0 unspecified atom stereocenters. The third kappa shape index (κ3) is 3.66. The smallest absolute Gasteiger partial charge is 0.258 e.